The van der Waals surface area contributed by atoms with Crippen LogP contribution in [-0.4, -0.2) is 13.1 Å². The number of alkyl halides is 1. The van der Waals surface area contributed by atoms with Crippen molar-refractivity contribution in [3.63, 3.8) is 0 Å². The highest BCUT2D eigenvalue weighted by Crippen LogP contribution is 2.46. The molecular weight excluding hydrogens is 261 g/mol. The fourth-order valence-electron chi connectivity index (χ4n) is 3.76. The minimum absolute atomic E-state index is 0.172. The number of piperidine rings is 1. The Bertz CT molecular complexity index is 444. The van der Waals surface area contributed by atoms with Crippen LogP contribution in [0, 0.1) is 11.2 Å². The quantitative estimate of drug-likeness (QED) is 0.709. The number of hydrogen-bond donors (Lipinski definition) is 0. The Balaban J connectivity index is 1.72. The van der Waals surface area contributed by atoms with Crippen LogP contribution in [0.4, 0.5) is 10.1 Å². The van der Waals surface area contributed by atoms with Crippen molar-refractivity contribution in [3.8, 4) is 0 Å². The van der Waals surface area contributed by atoms with Gasteiger partial charge in [0.2, 0.25) is 0 Å². The normalized spacial score (nSPS) is 22.1. The molecule has 1 heterocycles. The number of nitrogens with zero attached hydrogens (tertiary/aromatic N) is 1. The molecule has 0 radical (unpaired) electrons. The van der Waals surface area contributed by atoms with E-state index in [9.17, 15) is 4.39 Å². The summed E-state index contributed by atoms with van der Waals surface area (Å²) in [6.07, 6.45) is 8.13. The van der Waals surface area contributed by atoms with Crippen LogP contribution in [0.2, 0.25) is 0 Å². The molecule has 1 saturated carbocycles. The molecule has 1 aliphatic heterocycles. The highest BCUT2D eigenvalue weighted by Gasteiger charge is 2.36. The molecule has 0 bridgehead atoms. The van der Waals surface area contributed by atoms with Crippen LogP contribution in [0.25, 0.3) is 0 Å². The maximum atomic E-state index is 13.6. The summed E-state index contributed by atoms with van der Waals surface area (Å²) >= 11 is 5.82. The first-order valence-electron chi connectivity index (χ1n) is 7.31. The van der Waals surface area contributed by atoms with E-state index in [1.54, 1.807) is 6.07 Å². The van der Waals surface area contributed by atoms with Gasteiger partial charge in [0.05, 0.1) is 0 Å². The predicted molar refractivity (Wildman–Crippen MR) is 78.3 cm³/mol. The molecule has 0 unspecified atom stereocenters. The summed E-state index contributed by atoms with van der Waals surface area (Å²) in [6.45, 7) is 2.12. The van der Waals surface area contributed by atoms with E-state index in [1.165, 1.54) is 44.6 Å². The van der Waals surface area contributed by atoms with Gasteiger partial charge in [-0.15, -0.1) is 11.6 Å². The first-order chi connectivity index (χ1) is 9.21. The Morgan fingerprint density at radius 3 is 2.37 bits per heavy atom. The summed E-state index contributed by atoms with van der Waals surface area (Å²) in [7, 11) is 0. The molecule has 19 heavy (non-hydrogen) atoms. The Hall–Kier alpha value is -0.760. The lowest BCUT2D eigenvalue weighted by Crippen LogP contribution is -2.38. The average molecular weight is 282 g/mol. The molecule has 0 atom stereocenters. The van der Waals surface area contributed by atoms with E-state index in [4.69, 9.17) is 11.6 Å². The third-order valence-corrected chi connectivity index (χ3v) is 5.26. The number of hydrogen-bond acceptors (Lipinski definition) is 1. The zero-order valence-corrected chi connectivity index (χ0v) is 12.1. The average Bonchev–Trinajstić information content (AvgIpc) is 2.87. The van der Waals surface area contributed by atoms with Gasteiger partial charge in [-0.25, -0.2) is 4.39 Å². The van der Waals surface area contributed by atoms with Crippen molar-refractivity contribution in [1.82, 2.24) is 0 Å². The van der Waals surface area contributed by atoms with Crippen LogP contribution < -0.4 is 4.90 Å². The molecule has 0 N–H and O–H groups in total. The summed E-state index contributed by atoms with van der Waals surface area (Å²) < 4.78 is 13.6. The number of halogens is 2. The van der Waals surface area contributed by atoms with Crippen LogP contribution >= 0.6 is 11.6 Å². The van der Waals surface area contributed by atoms with Gasteiger partial charge in [0.15, 0.2) is 0 Å². The molecule has 1 aromatic carbocycles. The summed E-state index contributed by atoms with van der Waals surface area (Å²) in [5.74, 6) is 0.206. The molecule has 0 amide bonds. The van der Waals surface area contributed by atoms with E-state index in [-0.39, 0.29) is 5.82 Å². The van der Waals surface area contributed by atoms with E-state index < -0.39 is 0 Å². The zero-order chi connectivity index (χ0) is 13.3. The smallest absolute Gasteiger partial charge is 0.125 e. The summed E-state index contributed by atoms with van der Waals surface area (Å²) in [5.41, 5.74) is 2.49. The highest BCUT2D eigenvalue weighted by molar-refractivity contribution is 6.17. The Kier molecular flexibility index (Phi) is 3.70. The summed E-state index contributed by atoms with van der Waals surface area (Å²) in [4.78, 5) is 2.32. The van der Waals surface area contributed by atoms with Crippen molar-refractivity contribution in [3.05, 3.63) is 29.6 Å². The second-order valence-corrected chi connectivity index (χ2v) is 6.41. The van der Waals surface area contributed by atoms with Crippen molar-refractivity contribution in [2.75, 3.05) is 18.0 Å². The number of anilines is 1. The van der Waals surface area contributed by atoms with Crippen LogP contribution in [0.1, 0.15) is 44.1 Å². The topological polar surface area (TPSA) is 3.24 Å². The first-order valence-corrected chi connectivity index (χ1v) is 7.85. The van der Waals surface area contributed by atoms with E-state index in [1.807, 2.05) is 6.07 Å². The maximum absolute atomic E-state index is 13.6. The van der Waals surface area contributed by atoms with Crippen LogP contribution in [0.5, 0.6) is 0 Å². The standard InChI is InChI=1S/C16H21ClFN/c17-12-13-9-14(18)11-15(10-13)19-7-5-16(6-8-19)3-1-2-4-16/h9-11H,1-8,12H2. The number of rotatable bonds is 2. The second kappa shape index (κ2) is 5.32. The van der Waals surface area contributed by atoms with Gasteiger partial charge in [-0.05, 0) is 54.9 Å². The van der Waals surface area contributed by atoms with Crippen molar-refractivity contribution < 1.29 is 4.39 Å². The minimum atomic E-state index is -0.172. The van der Waals surface area contributed by atoms with Gasteiger partial charge < -0.3 is 4.90 Å². The van der Waals surface area contributed by atoms with E-state index in [0.717, 1.165) is 24.3 Å². The van der Waals surface area contributed by atoms with Gasteiger partial charge in [0, 0.05) is 24.7 Å². The van der Waals surface area contributed by atoms with Crippen molar-refractivity contribution in [1.29, 1.82) is 0 Å². The molecule has 1 aromatic rings. The molecule has 1 aliphatic carbocycles. The maximum Gasteiger partial charge on any atom is 0.125 e. The lowest BCUT2D eigenvalue weighted by Gasteiger charge is -2.40. The summed E-state index contributed by atoms with van der Waals surface area (Å²) in [6, 6.07) is 5.20. The van der Waals surface area contributed by atoms with Gasteiger partial charge in [-0.3, -0.25) is 0 Å². The largest absolute Gasteiger partial charge is 0.371 e. The molecule has 3 rings (SSSR count). The minimum Gasteiger partial charge on any atom is -0.371 e. The van der Waals surface area contributed by atoms with Crippen LogP contribution in [0.3, 0.4) is 0 Å². The van der Waals surface area contributed by atoms with Crippen LogP contribution in [0.15, 0.2) is 18.2 Å². The third kappa shape index (κ3) is 2.74. The summed E-state index contributed by atoms with van der Waals surface area (Å²) in [5, 5.41) is 0. The molecule has 2 fully saturated rings. The molecule has 1 saturated heterocycles. The van der Waals surface area contributed by atoms with Gasteiger partial charge in [0.25, 0.3) is 0 Å². The van der Waals surface area contributed by atoms with Gasteiger partial charge >= 0.3 is 0 Å². The number of benzene rings is 1. The Morgan fingerprint density at radius 1 is 1.05 bits per heavy atom. The fraction of sp³-hybridized carbons (Fsp3) is 0.625. The molecule has 104 valence electrons. The lowest BCUT2D eigenvalue weighted by atomic mass is 9.77. The molecule has 2 aliphatic rings. The fourth-order valence-corrected chi connectivity index (χ4v) is 3.91. The first kappa shape index (κ1) is 13.2. The van der Waals surface area contributed by atoms with Crippen molar-refractivity contribution >= 4 is 17.3 Å². The molecule has 0 aromatic heterocycles. The van der Waals surface area contributed by atoms with Crippen molar-refractivity contribution in [2.24, 2.45) is 5.41 Å². The van der Waals surface area contributed by atoms with Crippen LogP contribution in [-0.2, 0) is 5.88 Å². The predicted octanol–water partition coefficient (Wildman–Crippen LogP) is 4.73. The second-order valence-electron chi connectivity index (χ2n) is 6.15. The highest BCUT2D eigenvalue weighted by atomic mass is 35.5. The third-order valence-electron chi connectivity index (χ3n) is 4.95. The Morgan fingerprint density at radius 2 is 1.74 bits per heavy atom. The SMILES string of the molecule is Fc1cc(CCl)cc(N2CCC3(CCCC3)CC2)c1. The van der Waals surface area contributed by atoms with E-state index in [0.29, 0.717) is 11.3 Å². The zero-order valence-electron chi connectivity index (χ0n) is 11.3. The molecule has 3 heteroatoms. The van der Waals surface area contributed by atoms with Gasteiger partial charge in [0.1, 0.15) is 5.82 Å². The van der Waals surface area contributed by atoms with Gasteiger partial charge in [-0.2, -0.15) is 0 Å². The molecule has 1 nitrogen and oxygen atoms in total. The lowest BCUT2D eigenvalue weighted by molar-refractivity contribution is 0.226. The van der Waals surface area contributed by atoms with Gasteiger partial charge in [-0.1, -0.05) is 12.8 Å². The monoisotopic (exact) mass is 281 g/mol. The van der Waals surface area contributed by atoms with E-state index in [2.05, 4.69) is 4.90 Å². The molecule has 1 spiro atoms. The molecular formula is C16H21ClFN. The van der Waals surface area contributed by atoms with Crippen molar-refractivity contribution in [2.45, 2.75) is 44.4 Å². The van der Waals surface area contributed by atoms with E-state index >= 15 is 0 Å². The Labute approximate surface area is 119 Å².